The maximum Gasteiger partial charge on any atom is 0.433 e. The largest absolute Gasteiger partial charge is 0.491 e. The number of benzene rings is 2. The van der Waals surface area contributed by atoms with Gasteiger partial charge in [0.25, 0.3) is 0 Å². The zero-order chi connectivity index (χ0) is 21.5. The van der Waals surface area contributed by atoms with Gasteiger partial charge in [-0.25, -0.2) is 9.50 Å². The second-order valence-corrected chi connectivity index (χ2v) is 7.38. The molecule has 0 aliphatic rings. The molecular formula is C23H20F3N3O. The van der Waals surface area contributed by atoms with Crippen LogP contribution in [-0.2, 0) is 6.18 Å². The SMILES string of the molecule is Cc1ccc(-c2cc3nc(-c4ccc(OC(C)C)cc4)cc(C(F)(F)F)n3n2)cc1. The monoisotopic (exact) mass is 411 g/mol. The number of alkyl halides is 3. The van der Waals surface area contributed by atoms with E-state index in [1.165, 1.54) is 0 Å². The molecule has 0 amide bonds. The van der Waals surface area contributed by atoms with Crippen molar-refractivity contribution in [1.29, 1.82) is 0 Å². The van der Waals surface area contributed by atoms with Crippen LogP contribution in [-0.4, -0.2) is 20.7 Å². The van der Waals surface area contributed by atoms with E-state index in [1.54, 1.807) is 30.3 Å². The Balaban J connectivity index is 1.82. The molecule has 0 atom stereocenters. The molecule has 0 fully saturated rings. The summed E-state index contributed by atoms with van der Waals surface area (Å²) >= 11 is 0. The Morgan fingerprint density at radius 3 is 2.07 bits per heavy atom. The summed E-state index contributed by atoms with van der Waals surface area (Å²) in [5, 5.41) is 4.17. The molecule has 4 nitrogen and oxygen atoms in total. The van der Waals surface area contributed by atoms with Gasteiger partial charge in [0.2, 0.25) is 0 Å². The fourth-order valence-corrected chi connectivity index (χ4v) is 3.17. The molecule has 0 spiro atoms. The third-order valence-electron chi connectivity index (χ3n) is 4.59. The van der Waals surface area contributed by atoms with E-state index in [1.807, 2.05) is 45.0 Å². The third-order valence-corrected chi connectivity index (χ3v) is 4.59. The van der Waals surface area contributed by atoms with Crippen LogP contribution in [0.15, 0.2) is 60.7 Å². The van der Waals surface area contributed by atoms with Crippen molar-refractivity contribution in [1.82, 2.24) is 14.6 Å². The number of fused-ring (bicyclic) bond motifs is 1. The van der Waals surface area contributed by atoms with Gasteiger partial charge >= 0.3 is 6.18 Å². The van der Waals surface area contributed by atoms with Crippen LogP contribution in [0.1, 0.15) is 25.1 Å². The molecule has 0 radical (unpaired) electrons. The van der Waals surface area contributed by atoms with Crippen LogP contribution in [0, 0.1) is 6.92 Å². The molecular weight excluding hydrogens is 391 g/mol. The van der Waals surface area contributed by atoms with Gasteiger partial charge in [-0.1, -0.05) is 29.8 Å². The third kappa shape index (κ3) is 4.01. The molecule has 30 heavy (non-hydrogen) atoms. The molecule has 0 unspecified atom stereocenters. The lowest BCUT2D eigenvalue weighted by Crippen LogP contribution is -2.13. The minimum absolute atomic E-state index is 0.00847. The fourth-order valence-electron chi connectivity index (χ4n) is 3.17. The van der Waals surface area contributed by atoms with E-state index in [-0.39, 0.29) is 17.4 Å². The van der Waals surface area contributed by atoms with Crippen LogP contribution in [0.25, 0.3) is 28.2 Å². The molecule has 2 aromatic heterocycles. The second kappa shape index (κ2) is 7.48. The second-order valence-electron chi connectivity index (χ2n) is 7.38. The Morgan fingerprint density at radius 2 is 1.47 bits per heavy atom. The summed E-state index contributed by atoms with van der Waals surface area (Å²) < 4.78 is 47.8. The lowest BCUT2D eigenvalue weighted by molar-refractivity contribution is -0.142. The van der Waals surface area contributed by atoms with Crippen molar-refractivity contribution in [2.75, 3.05) is 0 Å². The molecule has 2 aromatic carbocycles. The average Bonchev–Trinajstić information content (AvgIpc) is 3.11. The summed E-state index contributed by atoms with van der Waals surface area (Å²) in [4.78, 5) is 4.43. The quantitative estimate of drug-likeness (QED) is 0.403. The van der Waals surface area contributed by atoms with Crippen molar-refractivity contribution >= 4 is 5.65 Å². The first-order valence-corrected chi connectivity index (χ1v) is 9.53. The highest BCUT2D eigenvalue weighted by atomic mass is 19.4. The van der Waals surface area contributed by atoms with Crippen molar-refractivity contribution in [2.24, 2.45) is 0 Å². The molecule has 2 heterocycles. The Bertz CT molecular complexity index is 1180. The number of ether oxygens (including phenoxy) is 1. The van der Waals surface area contributed by atoms with Crippen molar-refractivity contribution in [3.63, 3.8) is 0 Å². The first kappa shape index (κ1) is 19.9. The van der Waals surface area contributed by atoms with Gasteiger partial charge in [0.1, 0.15) is 5.75 Å². The van der Waals surface area contributed by atoms with Gasteiger partial charge in [-0.3, -0.25) is 0 Å². The standard InChI is InChI=1S/C23H20F3N3O/c1-14(2)30-18-10-8-16(9-11-18)19-12-21(23(24,25)26)29-22(27-19)13-20(28-29)17-6-4-15(3)5-7-17/h4-14H,1-3H3. The highest BCUT2D eigenvalue weighted by Crippen LogP contribution is 2.33. The molecule has 4 rings (SSSR count). The van der Waals surface area contributed by atoms with E-state index >= 15 is 0 Å². The van der Waals surface area contributed by atoms with Crippen LogP contribution in [0.3, 0.4) is 0 Å². The number of aromatic nitrogens is 3. The lowest BCUT2D eigenvalue weighted by Gasteiger charge is -2.12. The van der Waals surface area contributed by atoms with Crippen LogP contribution >= 0.6 is 0 Å². The minimum Gasteiger partial charge on any atom is -0.491 e. The molecule has 0 bridgehead atoms. The van der Waals surface area contributed by atoms with E-state index < -0.39 is 11.9 Å². The van der Waals surface area contributed by atoms with Gasteiger partial charge < -0.3 is 4.74 Å². The fraction of sp³-hybridized carbons (Fsp3) is 0.217. The molecule has 7 heteroatoms. The summed E-state index contributed by atoms with van der Waals surface area (Å²) in [6, 6.07) is 16.9. The van der Waals surface area contributed by atoms with Crippen LogP contribution in [0.2, 0.25) is 0 Å². The van der Waals surface area contributed by atoms with Gasteiger partial charge in [-0.05, 0) is 51.1 Å². The van der Waals surface area contributed by atoms with E-state index in [4.69, 9.17) is 4.74 Å². The number of rotatable bonds is 4. The molecule has 154 valence electrons. The van der Waals surface area contributed by atoms with E-state index in [9.17, 15) is 13.2 Å². The summed E-state index contributed by atoms with van der Waals surface area (Å²) in [7, 11) is 0. The van der Waals surface area contributed by atoms with Gasteiger partial charge in [0.15, 0.2) is 11.3 Å². The van der Waals surface area contributed by atoms with Crippen molar-refractivity contribution in [2.45, 2.75) is 33.1 Å². The van der Waals surface area contributed by atoms with Gasteiger partial charge in [0.05, 0.1) is 17.5 Å². The topological polar surface area (TPSA) is 39.4 Å². The minimum atomic E-state index is -4.58. The summed E-state index contributed by atoms with van der Waals surface area (Å²) in [6.45, 7) is 5.76. The predicted molar refractivity (Wildman–Crippen MR) is 109 cm³/mol. The first-order valence-electron chi connectivity index (χ1n) is 9.53. The van der Waals surface area contributed by atoms with Crippen molar-refractivity contribution < 1.29 is 17.9 Å². The number of hydrogen-bond donors (Lipinski definition) is 0. The maximum atomic E-state index is 13.8. The molecule has 0 saturated heterocycles. The van der Waals surface area contributed by atoms with Crippen molar-refractivity contribution in [3.05, 3.63) is 71.9 Å². The maximum absolute atomic E-state index is 13.8. The van der Waals surface area contributed by atoms with Crippen LogP contribution in [0.4, 0.5) is 13.2 Å². The molecule has 0 aliphatic carbocycles. The van der Waals surface area contributed by atoms with E-state index in [2.05, 4.69) is 10.1 Å². The van der Waals surface area contributed by atoms with Gasteiger partial charge in [-0.2, -0.15) is 18.3 Å². The van der Waals surface area contributed by atoms with Gasteiger partial charge in [0, 0.05) is 17.2 Å². The smallest absolute Gasteiger partial charge is 0.433 e. The summed E-state index contributed by atoms with van der Waals surface area (Å²) in [5.41, 5.74) is 2.28. The Hall–Kier alpha value is -3.35. The highest BCUT2D eigenvalue weighted by molar-refractivity contribution is 5.68. The predicted octanol–water partition coefficient (Wildman–Crippen LogP) is 6.18. The molecule has 4 aromatic rings. The molecule has 0 aliphatic heterocycles. The number of hydrogen-bond acceptors (Lipinski definition) is 3. The number of halogens is 3. The zero-order valence-electron chi connectivity index (χ0n) is 16.7. The van der Waals surface area contributed by atoms with E-state index in [0.29, 0.717) is 17.0 Å². The summed E-state index contributed by atoms with van der Waals surface area (Å²) in [5.74, 6) is 0.650. The highest BCUT2D eigenvalue weighted by Gasteiger charge is 2.35. The van der Waals surface area contributed by atoms with Crippen LogP contribution < -0.4 is 4.74 Å². The Morgan fingerprint density at radius 1 is 0.867 bits per heavy atom. The lowest BCUT2D eigenvalue weighted by atomic mass is 10.1. The zero-order valence-corrected chi connectivity index (χ0v) is 16.7. The van der Waals surface area contributed by atoms with Crippen molar-refractivity contribution in [3.8, 4) is 28.3 Å². The molecule has 0 N–H and O–H groups in total. The first-order chi connectivity index (χ1) is 14.2. The Kier molecular flexibility index (Phi) is 4.97. The number of aryl methyl sites for hydroxylation is 1. The van der Waals surface area contributed by atoms with E-state index in [0.717, 1.165) is 21.7 Å². The van der Waals surface area contributed by atoms with Crippen LogP contribution in [0.5, 0.6) is 5.75 Å². The van der Waals surface area contributed by atoms with Gasteiger partial charge in [-0.15, -0.1) is 0 Å². The molecule has 0 saturated carbocycles. The number of nitrogens with zero attached hydrogens (tertiary/aromatic N) is 3. The normalized spacial score (nSPS) is 12.0. The average molecular weight is 411 g/mol. The summed E-state index contributed by atoms with van der Waals surface area (Å²) in [6.07, 6.45) is -4.57. The Labute approximate surface area is 172 Å².